The Kier molecular flexibility index (Phi) is 9.58. The fourth-order valence-corrected chi connectivity index (χ4v) is 2.25. The predicted octanol–water partition coefficient (Wildman–Crippen LogP) is -1.03. The smallest absolute Gasteiger partial charge is 0.340 e. The van der Waals surface area contributed by atoms with E-state index in [0.29, 0.717) is 5.01 Å². The molecule has 0 aromatic heterocycles. The molecule has 0 aliphatic heterocycles. The van der Waals surface area contributed by atoms with E-state index in [1.165, 1.54) is 7.05 Å². The summed E-state index contributed by atoms with van der Waals surface area (Å²) in [7, 11) is -2.18. The summed E-state index contributed by atoms with van der Waals surface area (Å²) in [6.07, 6.45) is 0.0145. The van der Waals surface area contributed by atoms with Gasteiger partial charge in [0.1, 0.15) is 0 Å². The second-order valence-electron chi connectivity index (χ2n) is 3.76. The van der Waals surface area contributed by atoms with E-state index in [1.807, 2.05) is 0 Å². The Morgan fingerprint density at radius 2 is 1.95 bits per heavy atom. The van der Waals surface area contributed by atoms with Crippen molar-refractivity contribution >= 4 is 33.6 Å². The number of hydrogen-bond acceptors (Lipinski definition) is 6. The van der Waals surface area contributed by atoms with E-state index in [9.17, 15) is 22.9 Å². The van der Waals surface area contributed by atoms with Crippen LogP contribution in [0.4, 0.5) is 4.79 Å². The van der Waals surface area contributed by atoms with E-state index >= 15 is 0 Å². The molecule has 0 radical (unpaired) electrons. The Morgan fingerprint density at radius 3 is 2.48 bits per heavy atom. The zero-order chi connectivity index (χ0) is 16.3. The predicted molar refractivity (Wildman–Crippen MR) is 77.1 cm³/mol. The third-order valence-electron chi connectivity index (χ3n) is 2.23. The first-order valence-corrected chi connectivity index (χ1v) is 8.17. The van der Waals surface area contributed by atoms with Gasteiger partial charge in [0.05, 0.1) is 17.6 Å². The number of nitroso groups, excluding NO2 is 1. The van der Waals surface area contributed by atoms with Crippen LogP contribution in [-0.4, -0.2) is 63.7 Å². The normalized spacial score (nSPS) is 10.8. The van der Waals surface area contributed by atoms with Crippen molar-refractivity contribution in [3.05, 3.63) is 4.91 Å². The minimum atomic E-state index is -3.62. The lowest BCUT2D eigenvalue weighted by atomic mass is 10.4. The van der Waals surface area contributed by atoms with Crippen LogP contribution in [0.25, 0.3) is 0 Å². The molecular formula is C9H18ClN5O5S. The molecule has 0 aliphatic carbocycles. The Hall–Kier alpha value is -1.46. The van der Waals surface area contributed by atoms with Gasteiger partial charge in [0.15, 0.2) is 0 Å². The minimum Gasteiger partial charge on any atom is -0.359 e. The highest BCUT2D eigenvalue weighted by atomic mass is 35.5. The summed E-state index contributed by atoms with van der Waals surface area (Å²) in [6.45, 7) is -0.319. The number of carbonyl (C=O) groups excluding carboxylic acids is 2. The summed E-state index contributed by atoms with van der Waals surface area (Å²) >= 11 is 5.36. The molecule has 122 valence electrons. The molecule has 0 atom stereocenters. The van der Waals surface area contributed by atoms with Gasteiger partial charge in [0, 0.05) is 32.4 Å². The summed E-state index contributed by atoms with van der Waals surface area (Å²) < 4.78 is 25.3. The highest BCUT2D eigenvalue weighted by Gasteiger charge is 2.15. The highest BCUT2D eigenvalue weighted by Crippen LogP contribution is 1.92. The van der Waals surface area contributed by atoms with Crippen LogP contribution in [-0.2, 0) is 14.8 Å². The standard InChI is InChI=1S/C9H18ClN5O5S/c1-11-8(16)2-4-13-21(19,20)7-5-12-9(17)15(14-18)6-3-10/h13H,2-7H2,1H3,(H,11,16)(H,12,17). The Balaban J connectivity index is 4.06. The molecule has 0 heterocycles. The second kappa shape index (κ2) is 10.3. The lowest BCUT2D eigenvalue weighted by molar-refractivity contribution is -0.120. The fraction of sp³-hybridized carbons (Fsp3) is 0.778. The third-order valence-corrected chi connectivity index (χ3v) is 3.78. The number of hydrogen-bond donors (Lipinski definition) is 3. The minimum absolute atomic E-state index is 0.0145. The molecule has 10 nitrogen and oxygen atoms in total. The monoisotopic (exact) mass is 343 g/mol. The summed E-state index contributed by atoms with van der Waals surface area (Å²) in [6, 6.07) is -0.828. The second-order valence-corrected chi connectivity index (χ2v) is 6.07. The number of alkyl halides is 1. The Bertz CT molecular complexity index is 457. The van der Waals surface area contributed by atoms with Crippen LogP contribution >= 0.6 is 11.6 Å². The van der Waals surface area contributed by atoms with Gasteiger partial charge in [0.2, 0.25) is 15.9 Å². The molecule has 0 saturated carbocycles. The number of halogens is 1. The maximum atomic E-state index is 11.5. The molecule has 3 N–H and O–H groups in total. The molecule has 3 amide bonds. The molecular weight excluding hydrogens is 326 g/mol. The van der Waals surface area contributed by atoms with E-state index in [2.05, 4.69) is 20.6 Å². The van der Waals surface area contributed by atoms with Gasteiger partial charge in [-0.25, -0.2) is 17.9 Å². The lowest BCUT2D eigenvalue weighted by Gasteiger charge is -2.13. The van der Waals surface area contributed by atoms with Crippen LogP contribution in [0.3, 0.4) is 0 Å². The first-order valence-electron chi connectivity index (χ1n) is 5.98. The first-order chi connectivity index (χ1) is 9.86. The summed E-state index contributed by atoms with van der Waals surface area (Å²) in [5.41, 5.74) is 0. The lowest BCUT2D eigenvalue weighted by Crippen LogP contribution is -2.41. The van der Waals surface area contributed by atoms with Crippen LogP contribution in [0.1, 0.15) is 6.42 Å². The van der Waals surface area contributed by atoms with Gasteiger partial charge in [-0.05, 0) is 0 Å². The molecule has 0 saturated heterocycles. The average Bonchev–Trinajstić information content (AvgIpc) is 2.43. The van der Waals surface area contributed by atoms with Crippen molar-refractivity contribution < 1.29 is 18.0 Å². The SMILES string of the molecule is CNC(=O)CCNS(=O)(=O)CCNC(=O)N(CCCl)N=O. The van der Waals surface area contributed by atoms with Crippen LogP contribution in [0.5, 0.6) is 0 Å². The van der Waals surface area contributed by atoms with Crippen molar-refractivity contribution in [2.75, 3.05) is 38.3 Å². The van der Waals surface area contributed by atoms with Crippen molar-refractivity contribution in [2.24, 2.45) is 5.29 Å². The van der Waals surface area contributed by atoms with E-state index in [0.717, 1.165) is 0 Å². The van der Waals surface area contributed by atoms with Crippen LogP contribution in [0.15, 0.2) is 5.29 Å². The van der Waals surface area contributed by atoms with E-state index in [4.69, 9.17) is 11.6 Å². The van der Waals surface area contributed by atoms with E-state index in [1.54, 1.807) is 0 Å². The van der Waals surface area contributed by atoms with Gasteiger partial charge >= 0.3 is 6.03 Å². The van der Waals surface area contributed by atoms with Crippen LogP contribution in [0.2, 0.25) is 0 Å². The maximum Gasteiger partial charge on any atom is 0.340 e. The molecule has 12 heteroatoms. The molecule has 0 spiro atoms. The topological polar surface area (TPSA) is 137 Å². The number of urea groups is 1. The van der Waals surface area contributed by atoms with Crippen molar-refractivity contribution in [1.82, 2.24) is 20.4 Å². The summed E-state index contributed by atoms with van der Waals surface area (Å²) in [5.74, 6) is -0.654. The molecule has 0 aromatic rings. The van der Waals surface area contributed by atoms with Crippen molar-refractivity contribution in [1.29, 1.82) is 0 Å². The van der Waals surface area contributed by atoms with Crippen molar-refractivity contribution in [2.45, 2.75) is 6.42 Å². The first kappa shape index (κ1) is 19.5. The van der Waals surface area contributed by atoms with Gasteiger partial charge in [-0.2, -0.15) is 5.01 Å². The number of nitrogens with one attached hydrogen (secondary N) is 3. The number of amides is 3. The molecule has 0 rings (SSSR count). The Morgan fingerprint density at radius 1 is 1.29 bits per heavy atom. The highest BCUT2D eigenvalue weighted by molar-refractivity contribution is 7.89. The molecule has 0 fully saturated rings. The van der Waals surface area contributed by atoms with E-state index in [-0.39, 0.29) is 43.6 Å². The average molecular weight is 344 g/mol. The largest absolute Gasteiger partial charge is 0.359 e. The zero-order valence-electron chi connectivity index (χ0n) is 11.5. The molecule has 0 unspecified atom stereocenters. The van der Waals surface area contributed by atoms with Gasteiger partial charge in [-0.3, -0.25) is 4.79 Å². The molecule has 0 aromatic carbocycles. The fourth-order valence-electron chi connectivity index (χ4n) is 1.16. The number of carbonyl (C=O) groups is 2. The summed E-state index contributed by atoms with van der Waals surface area (Å²) in [4.78, 5) is 32.6. The molecule has 0 aliphatic rings. The quantitative estimate of drug-likeness (QED) is 0.265. The molecule has 21 heavy (non-hydrogen) atoms. The Labute approximate surface area is 127 Å². The number of rotatable bonds is 10. The summed E-state index contributed by atoms with van der Waals surface area (Å²) in [5, 5.41) is 7.58. The number of nitrogens with zero attached hydrogens (tertiary/aromatic N) is 2. The van der Waals surface area contributed by atoms with Gasteiger partial charge in [-0.1, -0.05) is 0 Å². The van der Waals surface area contributed by atoms with Crippen molar-refractivity contribution in [3.63, 3.8) is 0 Å². The van der Waals surface area contributed by atoms with Gasteiger partial charge in [0.25, 0.3) is 0 Å². The maximum absolute atomic E-state index is 11.5. The van der Waals surface area contributed by atoms with Crippen LogP contribution in [0, 0.1) is 4.91 Å². The number of sulfonamides is 1. The van der Waals surface area contributed by atoms with Crippen LogP contribution < -0.4 is 15.4 Å². The van der Waals surface area contributed by atoms with E-state index < -0.39 is 16.1 Å². The van der Waals surface area contributed by atoms with Gasteiger partial charge < -0.3 is 10.6 Å². The van der Waals surface area contributed by atoms with Crippen molar-refractivity contribution in [3.8, 4) is 0 Å². The zero-order valence-corrected chi connectivity index (χ0v) is 13.0. The van der Waals surface area contributed by atoms with Gasteiger partial charge in [-0.15, -0.1) is 16.5 Å². The third kappa shape index (κ3) is 9.15. The molecule has 0 bridgehead atoms.